The van der Waals surface area contributed by atoms with E-state index in [0.717, 1.165) is 37.7 Å². The average molecular weight is 430 g/mol. The van der Waals surface area contributed by atoms with Crippen molar-refractivity contribution in [1.29, 1.82) is 0 Å². The molecule has 1 unspecified atom stereocenters. The van der Waals surface area contributed by atoms with Gasteiger partial charge in [-0.15, -0.1) is 0 Å². The number of Topliss-reactive ketones (excluding diaryl/α,β-unsaturated/α-hetero) is 1. The zero-order chi connectivity index (χ0) is 22.2. The molecule has 0 aromatic carbocycles. The maximum atomic E-state index is 12.5. The largest absolute Gasteiger partial charge is 0.385 e. The lowest BCUT2D eigenvalue weighted by Gasteiger charge is -2.48. The summed E-state index contributed by atoms with van der Waals surface area (Å²) in [4.78, 5) is 14.6. The Hall–Kier alpha value is -1.01. The van der Waals surface area contributed by atoms with E-state index in [9.17, 15) is 9.90 Å². The number of carbonyl (C=O) groups is 1. The van der Waals surface area contributed by atoms with E-state index >= 15 is 0 Å². The third-order valence-electron chi connectivity index (χ3n) is 9.58. The molecule has 1 aliphatic heterocycles. The molecule has 1 saturated heterocycles. The van der Waals surface area contributed by atoms with Gasteiger partial charge in [-0.3, -0.25) is 4.79 Å². The first-order valence-electron chi connectivity index (χ1n) is 12.2. The van der Waals surface area contributed by atoms with Crippen molar-refractivity contribution in [2.45, 2.75) is 83.1 Å². The fourth-order valence-electron chi connectivity index (χ4n) is 7.93. The van der Waals surface area contributed by atoms with Crippen molar-refractivity contribution < 1.29 is 19.4 Å². The summed E-state index contributed by atoms with van der Waals surface area (Å²) in [6.07, 6.45) is 8.43. The summed E-state index contributed by atoms with van der Waals surface area (Å²) in [5.41, 5.74) is 3.21. The van der Waals surface area contributed by atoms with Gasteiger partial charge in [0, 0.05) is 23.8 Å². The van der Waals surface area contributed by atoms with Crippen LogP contribution in [0.3, 0.4) is 0 Å². The highest BCUT2D eigenvalue weighted by molar-refractivity contribution is 5.80. The second-order valence-corrected chi connectivity index (χ2v) is 11.4. The molecule has 3 fully saturated rings. The Morgan fingerprint density at radius 3 is 2.55 bits per heavy atom. The van der Waals surface area contributed by atoms with Crippen LogP contribution in [-0.2, 0) is 14.3 Å². The topological polar surface area (TPSA) is 59.0 Å². The number of carbonyl (C=O) groups excluding carboxylic acids is 1. The first-order valence-corrected chi connectivity index (χ1v) is 12.2. The highest BCUT2D eigenvalue weighted by Crippen LogP contribution is 2.64. The fourth-order valence-corrected chi connectivity index (χ4v) is 7.93. The molecule has 172 valence electrons. The Bertz CT molecular complexity index is 838. The molecular weight excluding hydrogens is 390 g/mol. The number of ether oxygens (including phenoxy) is 2. The summed E-state index contributed by atoms with van der Waals surface area (Å²) in [5.74, 6) is 0.617. The Labute approximate surface area is 186 Å². The number of ketones is 1. The minimum Gasteiger partial charge on any atom is -0.385 e. The van der Waals surface area contributed by atoms with Gasteiger partial charge in [0.05, 0.1) is 18.8 Å². The van der Waals surface area contributed by atoms with Crippen LogP contribution >= 0.6 is 0 Å². The smallest absolute Gasteiger partial charge is 0.174 e. The monoisotopic (exact) mass is 429 g/mol. The summed E-state index contributed by atoms with van der Waals surface area (Å²) in [5, 5.41) is 11.9. The van der Waals surface area contributed by atoms with Crippen molar-refractivity contribution in [3.8, 4) is 0 Å². The molecule has 0 bridgehead atoms. The molecule has 0 amide bonds. The minimum absolute atomic E-state index is 0.00746. The SMILES string of the molecule is CC(=O)[C@H]1CC2=CC3=C(CC[C@@]2(O)C[C@@H]1N(C)C)[C@@H]1CCC2(OCCO2)[C@@]1(C)CC3C. The number of allylic oxidation sites excluding steroid dienone is 3. The van der Waals surface area contributed by atoms with Gasteiger partial charge in [0.25, 0.3) is 0 Å². The summed E-state index contributed by atoms with van der Waals surface area (Å²) >= 11 is 0. The van der Waals surface area contributed by atoms with Crippen LogP contribution in [0, 0.1) is 23.2 Å². The molecule has 31 heavy (non-hydrogen) atoms. The maximum absolute atomic E-state index is 12.5. The quantitative estimate of drug-likeness (QED) is 0.722. The third kappa shape index (κ3) is 3.07. The first-order chi connectivity index (χ1) is 14.6. The normalized spacial score (nSPS) is 44.0. The molecule has 0 aromatic heterocycles. The van der Waals surface area contributed by atoms with Gasteiger partial charge in [0.15, 0.2) is 5.79 Å². The minimum atomic E-state index is -0.814. The lowest BCUT2D eigenvalue weighted by Crippen LogP contribution is -2.51. The molecule has 5 heteroatoms. The third-order valence-corrected chi connectivity index (χ3v) is 9.58. The van der Waals surface area contributed by atoms with E-state index in [1.165, 1.54) is 11.1 Å². The van der Waals surface area contributed by atoms with E-state index in [-0.39, 0.29) is 23.2 Å². The highest BCUT2D eigenvalue weighted by Gasteiger charge is 2.64. The van der Waals surface area contributed by atoms with Crippen molar-refractivity contribution in [2.75, 3.05) is 27.3 Å². The molecule has 0 aromatic rings. The van der Waals surface area contributed by atoms with Gasteiger partial charge in [-0.25, -0.2) is 0 Å². The van der Waals surface area contributed by atoms with Gasteiger partial charge in [0.1, 0.15) is 5.78 Å². The Kier molecular flexibility index (Phi) is 5.10. The van der Waals surface area contributed by atoms with E-state index in [2.05, 4.69) is 24.8 Å². The van der Waals surface area contributed by atoms with Crippen molar-refractivity contribution >= 4 is 5.78 Å². The van der Waals surface area contributed by atoms with Gasteiger partial charge in [-0.1, -0.05) is 25.5 Å². The van der Waals surface area contributed by atoms with Crippen LogP contribution in [-0.4, -0.2) is 60.5 Å². The summed E-state index contributed by atoms with van der Waals surface area (Å²) in [6, 6.07) is 0.0903. The molecule has 1 spiro atoms. The zero-order valence-electron chi connectivity index (χ0n) is 19.9. The Morgan fingerprint density at radius 2 is 1.90 bits per heavy atom. The zero-order valence-corrected chi connectivity index (χ0v) is 19.9. The van der Waals surface area contributed by atoms with Crippen LogP contribution in [0.25, 0.3) is 0 Å². The van der Waals surface area contributed by atoms with Crippen molar-refractivity contribution in [2.24, 2.45) is 23.2 Å². The lowest BCUT2D eigenvalue weighted by atomic mass is 9.61. The van der Waals surface area contributed by atoms with Crippen LogP contribution in [0.1, 0.15) is 65.7 Å². The molecule has 5 rings (SSSR count). The number of fused-ring (bicyclic) bond motifs is 4. The van der Waals surface area contributed by atoms with Crippen molar-refractivity contribution in [1.82, 2.24) is 4.90 Å². The molecule has 5 aliphatic rings. The molecule has 1 N–H and O–H groups in total. The predicted octanol–water partition coefficient (Wildman–Crippen LogP) is 3.86. The molecular formula is C26H39NO4. The number of rotatable bonds is 2. The predicted molar refractivity (Wildman–Crippen MR) is 119 cm³/mol. The number of nitrogens with zero attached hydrogens (tertiary/aromatic N) is 1. The number of hydrogen-bond donors (Lipinski definition) is 1. The van der Waals surface area contributed by atoms with E-state index < -0.39 is 11.4 Å². The van der Waals surface area contributed by atoms with Crippen LogP contribution in [0.4, 0.5) is 0 Å². The van der Waals surface area contributed by atoms with Gasteiger partial charge < -0.3 is 19.5 Å². The van der Waals surface area contributed by atoms with Crippen LogP contribution in [0.5, 0.6) is 0 Å². The Balaban J connectivity index is 1.53. The molecule has 5 nitrogen and oxygen atoms in total. The van der Waals surface area contributed by atoms with Gasteiger partial charge >= 0.3 is 0 Å². The van der Waals surface area contributed by atoms with E-state index in [0.29, 0.717) is 37.9 Å². The van der Waals surface area contributed by atoms with Gasteiger partial charge in [0.2, 0.25) is 0 Å². The van der Waals surface area contributed by atoms with E-state index in [1.807, 2.05) is 14.1 Å². The molecule has 1 heterocycles. The van der Waals surface area contributed by atoms with Crippen LogP contribution in [0.15, 0.2) is 22.8 Å². The Morgan fingerprint density at radius 1 is 1.19 bits per heavy atom. The standard InChI is InChI=1S/C26H39NO4/c1-16-14-24(3)22(7-9-26(24)30-10-11-31-26)19-6-8-25(29)15-23(27(4)5)21(17(2)28)13-18(25)12-20(16)19/h12,16,21-23,29H,6-11,13-15H2,1-5H3/t16?,21-,22+,23+,24+,25-/m1/s1. The van der Waals surface area contributed by atoms with Crippen LogP contribution < -0.4 is 0 Å². The first kappa shape index (κ1) is 21.8. The summed E-state index contributed by atoms with van der Waals surface area (Å²) in [6.45, 7) is 7.81. The van der Waals surface area contributed by atoms with E-state index in [1.54, 1.807) is 6.92 Å². The number of hydrogen-bond acceptors (Lipinski definition) is 5. The second-order valence-electron chi connectivity index (χ2n) is 11.4. The van der Waals surface area contributed by atoms with Crippen LogP contribution in [0.2, 0.25) is 0 Å². The van der Waals surface area contributed by atoms with Crippen molar-refractivity contribution in [3.05, 3.63) is 22.8 Å². The summed E-state index contributed by atoms with van der Waals surface area (Å²) < 4.78 is 12.6. The van der Waals surface area contributed by atoms with Crippen molar-refractivity contribution in [3.63, 3.8) is 0 Å². The maximum Gasteiger partial charge on any atom is 0.174 e. The lowest BCUT2D eigenvalue weighted by molar-refractivity contribution is -0.228. The molecule has 0 radical (unpaired) electrons. The second kappa shape index (κ2) is 7.24. The number of aliphatic hydroxyl groups is 1. The fraction of sp³-hybridized carbons (Fsp3) is 0.808. The molecule has 4 aliphatic carbocycles. The highest BCUT2D eigenvalue weighted by atomic mass is 16.7. The molecule has 2 saturated carbocycles. The average Bonchev–Trinajstić information content (AvgIpc) is 3.24. The van der Waals surface area contributed by atoms with Gasteiger partial charge in [-0.2, -0.15) is 0 Å². The van der Waals surface area contributed by atoms with E-state index in [4.69, 9.17) is 9.47 Å². The van der Waals surface area contributed by atoms with Gasteiger partial charge in [-0.05, 0) is 82.5 Å². The molecule has 6 atom stereocenters. The summed E-state index contributed by atoms with van der Waals surface area (Å²) in [7, 11) is 4.07.